The summed E-state index contributed by atoms with van der Waals surface area (Å²) < 4.78 is 19.5. The van der Waals surface area contributed by atoms with Gasteiger partial charge >= 0.3 is 12.0 Å². The van der Waals surface area contributed by atoms with Crippen molar-refractivity contribution in [3.63, 3.8) is 0 Å². The van der Waals surface area contributed by atoms with Gasteiger partial charge in [0.25, 0.3) is 0 Å². The third-order valence-electron chi connectivity index (χ3n) is 8.14. The summed E-state index contributed by atoms with van der Waals surface area (Å²) >= 11 is 1.47. The van der Waals surface area contributed by atoms with Crippen LogP contribution in [0, 0.1) is 0 Å². The summed E-state index contributed by atoms with van der Waals surface area (Å²) in [5.74, 6) is 0.225. The fourth-order valence-electron chi connectivity index (χ4n) is 5.52. The highest BCUT2D eigenvalue weighted by molar-refractivity contribution is 7.99. The number of aliphatic hydroxyl groups is 1. The Kier molecular flexibility index (Phi) is 11.9. The molecule has 1 saturated heterocycles. The van der Waals surface area contributed by atoms with E-state index < -0.39 is 18.3 Å². The van der Waals surface area contributed by atoms with Crippen molar-refractivity contribution < 1.29 is 34.0 Å². The van der Waals surface area contributed by atoms with Gasteiger partial charge in [-0.05, 0) is 75.5 Å². The molecule has 2 heterocycles. The maximum absolute atomic E-state index is 12.1. The lowest BCUT2D eigenvalue weighted by Crippen LogP contribution is -2.38. The van der Waals surface area contributed by atoms with E-state index >= 15 is 0 Å². The van der Waals surface area contributed by atoms with E-state index in [1.165, 1.54) is 11.8 Å². The van der Waals surface area contributed by atoms with Crippen LogP contribution in [0.2, 0.25) is 0 Å². The van der Waals surface area contributed by atoms with Gasteiger partial charge in [-0.15, -0.1) is 5.10 Å². The first-order valence-corrected chi connectivity index (χ1v) is 17.4. The number of carbonyl (C=O) groups is 2. The zero-order chi connectivity index (χ0) is 35.6. The number of nitrogens with zero attached hydrogens (tertiary/aromatic N) is 4. The Labute approximate surface area is 298 Å². The van der Waals surface area contributed by atoms with Crippen LogP contribution in [0.5, 0.6) is 5.75 Å². The van der Waals surface area contributed by atoms with Gasteiger partial charge in [-0.25, -0.2) is 4.79 Å². The van der Waals surface area contributed by atoms with E-state index in [0.717, 1.165) is 39.1 Å². The van der Waals surface area contributed by atoms with Crippen molar-refractivity contribution >= 4 is 23.8 Å². The van der Waals surface area contributed by atoms with Gasteiger partial charge in [-0.2, -0.15) is 4.68 Å². The third-order valence-corrected chi connectivity index (χ3v) is 9.19. The van der Waals surface area contributed by atoms with Crippen LogP contribution in [0.4, 0.5) is 4.79 Å². The Balaban J connectivity index is 1.14. The Morgan fingerprint density at radius 1 is 0.922 bits per heavy atom. The van der Waals surface area contributed by atoms with E-state index in [9.17, 15) is 19.8 Å². The number of carbonyl (C=O) groups excluding carboxylic acids is 2. The fourth-order valence-corrected chi connectivity index (χ4v) is 6.43. The predicted octanol–water partition coefficient (Wildman–Crippen LogP) is 5.23. The number of hydrogen-bond donors (Lipinski definition) is 4. The molecule has 0 spiro atoms. The van der Waals surface area contributed by atoms with Crippen molar-refractivity contribution in [1.29, 1.82) is 0 Å². The SMILES string of the molecule is CCOC(=O)CNC(=O)NCc1cccc(-c2ccc([C@H]3O[C@@H](CSc4nnnn4-c4ccc(O)cc4)C[C@@H](c4ccc(CO)cc4)O3)cc2)c1. The number of ether oxygens (including phenoxy) is 3. The Morgan fingerprint density at radius 2 is 1.69 bits per heavy atom. The molecule has 0 unspecified atom stereocenters. The van der Waals surface area contributed by atoms with Crippen molar-refractivity contribution in [3.05, 3.63) is 119 Å². The molecule has 4 N–H and O–H groups in total. The molecule has 51 heavy (non-hydrogen) atoms. The smallest absolute Gasteiger partial charge is 0.325 e. The molecular weight excluding hydrogens is 673 g/mol. The predicted molar refractivity (Wildman–Crippen MR) is 189 cm³/mol. The van der Waals surface area contributed by atoms with Crippen LogP contribution >= 0.6 is 11.8 Å². The molecule has 4 aromatic carbocycles. The summed E-state index contributed by atoms with van der Waals surface area (Å²) in [6, 6.07) is 29.8. The quantitative estimate of drug-likeness (QED) is 0.0933. The summed E-state index contributed by atoms with van der Waals surface area (Å²) in [6.07, 6.45) is -0.506. The van der Waals surface area contributed by atoms with E-state index in [1.807, 2.05) is 72.8 Å². The van der Waals surface area contributed by atoms with E-state index in [4.69, 9.17) is 14.2 Å². The molecular formula is C37H38N6O7S. The minimum absolute atomic E-state index is 0.0369. The number of benzene rings is 4. The normalized spacial score (nSPS) is 17.1. The number of phenols is 1. The summed E-state index contributed by atoms with van der Waals surface area (Å²) in [4.78, 5) is 23.6. The molecule has 0 bridgehead atoms. The summed E-state index contributed by atoms with van der Waals surface area (Å²) in [5, 5.41) is 37.3. The van der Waals surface area contributed by atoms with Gasteiger partial charge in [-0.3, -0.25) is 4.79 Å². The number of aromatic hydroxyl groups is 1. The Hall–Kier alpha value is -5.28. The fraction of sp³-hybridized carbons (Fsp3) is 0.270. The summed E-state index contributed by atoms with van der Waals surface area (Å²) in [5.41, 5.74) is 6.24. The molecule has 1 aliphatic rings. The van der Waals surface area contributed by atoms with Crippen LogP contribution in [0.15, 0.2) is 102 Å². The lowest BCUT2D eigenvalue weighted by atomic mass is 9.99. The van der Waals surface area contributed by atoms with Crippen LogP contribution < -0.4 is 10.6 Å². The maximum atomic E-state index is 12.1. The highest BCUT2D eigenvalue weighted by Crippen LogP contribution is 2.40. The molecule has 3 atom stereocenters. The molecule has 1 aromatic heterocycles. The van der Waals surface area contributed by atoms with E-state index in [2.05, 4.69) is 26.2 Å². The number of aliphatic hydroxyl groups excluding tert-OH is 1. The van der Waals surface area contributed by atoms with Crippen LogP contribution in [0.3, 0.4) is 0 Å². The Morgan fingerprint density at radius 3 is 2.43 bits per heavy atom. The number of urea groups is 1. The molecule has 2 amide bonds. The first-order valence-electron chi connectivity index (χ1n) is 16.5. The number of rotatable bonds is 13. The molecule has 264 valence electrons. The molecule has 1 aliphatic heterocycles. The standard InChI is InChI=1S/C37H38N6O7S/c1-2-48-34(46)21-39-36(47)38-20-25-4-3-5-29(18-25)26-10-12-28(13-11-26)35-49-32(19-33(50-35)27-8-6-24(22-44)7-9-27)23-51-37-40-41-42-43(37)30-14-16-31(45)17-15-30/h3-18,32-33,35,44-45H,2,19-23H2,1H3,(H2,38,39,47)/t32-,33+,35+/m1/s1. The van der Waals surface area contributed by atoms with Crippen molar-refractivity contribution in [1.82, 2.24) is 30.8 Å². The number of aromatic nitrogens is 4. The van der Waals surface area contributed by atoms with Gasteiger partial charge in [0, 0.05) is 24.3 Å². The maximum Gasteiger partial charge on any atom is 0.325 e. The molecule has 0 saturated carbocycles. The first-order chi connectivity index (χ1) is 24.9. The topological polar surface area (TPSA) is 170 Å². The molecule has 14 heteroatoms. The highest BCUT2D eigenvalue weighted by atomic mass is 32.2. The minimum atomic E-state index is -0.641. The van der Waals surface area contributed by atoms with Gasteiger partial charge < -0.3 is 35.1 Å². The average Bonchev–Trinajstić information content (AvgIpc) is 3.64. The van der Waals surface area contributed by atoms with Crippen LogP contribution in [0.1, 0.15) is 48.0 Å². The number of nitrogens with one attached hydrogen (secondary N) is 2. The number of tetrazole rings is 1. The van der Waals surface area contributed by atoms with Gasteiger partial charge in [0.1, 0.15) is 12.3 Å². The van der Waals surface area contributed by atoms with Crippen molar-refractivity contribution in [2.75, 3.05) is 18.9 Å². The van der Waals surface area contributed by atoms with Gasteiger partial charge in [0.2, 0.25) is 5.16 Å². The molecule has 13 nitrogen and oxygen atoms in total. The summed E-state index contributed by atoms with van der Waals surface area (Å²) in [6.45, 7) is 2.01. The zero-order valence-corrected chi connectivity index (χ0v) is 28.7. The van der Waals surface area contributed by atoms with Crippen molar-refractivity contribution in [2.45, 2.75) is 50.2 Å². The van der Waals surface area contributed by atoms with Gasteiger partial charge in [-0.1, -0.05) is 78.5 Å². The summed E-state index contributed by atoms with van der Waals surface area (Å²) in [7, 11) is 0. The number of thioether (sulfide) groups is 1. The molecule has 0 aliphatic carbocycles. The molecule has 0 radical (unpaired) electrons. The van der Waals surface area contributed by atoms with Crippen LogP contribution in [-0.2, 0) is 32.2 Å². The van der Waals surface area contributed by atoms with E-state index in [0.29, 0.717) is 17.3 Å². The second-order valence-corrected chi connectivity index (χ2v) is 12.7. The Bertz CT molecular complexity index is 1900. The van der Waals surface area contributed by atoms with Crippen molar-refractivity contribution in [2.24, 2.45) is 0 Å². The minimum Gasteiger partial charge on any atom is -0.508 e. The second-order valence-electron chi connectivity index (χ2n) is 11.7. The molecule has 5 aromatic rings. The highest BCUT2D eigenvalue weighted by Gasteiger charge is 2.32. The van der Waals surface area contributed by atoms with Crippen LogP contribution in [0.25, 0.3) is 16.8 Å². The first kappa shape index (κ1) is 35.5. The van der Waals surface area contributed by atoms with Crippen molar-refractivity contribution in [3.8, 4) is 22.6 Å². The lowest BCUT2D eigenvalue weighted by Gasteiger charge is -2.36. The number of phenolic OH excluding ortho intramolecular Hbond substituents is 1. The monoisotopic (exact) mass is 710 g/mol. The second kappa shape index (κ2) is 17.1. The lowest BCUT2D eigenvalue weighted by molar-refractivity contribution is -0.245. The van der Waals surface area contributed by atoms with E-state index in [1.54, 1.807) is 35.9 Å². The largest absolute Gasteiger partial charge is 0.508 e. The van der Waals surface area contributed by atoms with Gasteiger partial charge in [0.05, 0.1) is 31.1 Å². The number of esters is 1. The number of amides is 2. The molecule has 6 rings (SSSR count). The molecule has 1 fully saturated rings. The number of hydrogen-bond acceptors (Lipinski definition) is 11. The van der Waals surface area contributed by atoms with Gasteiger partial charge in [0.15, 0.2) is 6.29 Å². The average molecular weight is 711 g/mol. The van der Waals surface area contributed by atoms with Crippen LogP contribution in [-0.4, -0.2) is 67.4 Å². The third kappa shape index (κ3) is 9.49. The van der Waals surface area contributed by atoms with E-state index in [-0.39, 0.29) is 44.3 Å². The zero-order valence-electron chi connectivity index (χ0n) is 27.8.